The fraction of sp³-hybridized carbons (Fsp3) is 0.353. The second kappa shape index (κ2) is 8.04. The molecule has 0 fully saturated rings. The van der Waals surface area contributed by atoms with Crippen LogP contribution < -0.4 is 5.73 Å². The van der Waals surface area contributed by atoms with Crippen LogP contribution in [0.5, 0.6) is 0 Å². The number of aromatic nitrogens is 3. The summed E-state index contributed by atoms with van der Waals surface area (Å²) < 4.78 is 6.33. The molecule has 1 aliphatic rings. The zero-order chi connectivity index (χ0) is 20.4. The summed E-state index contributed by atoms with van der Waals surface area (Å²) in [4.78, 5) is 11.7. The highest BCUT2D eigenvalue weighted by Crippen LogP contribution is 2.30. The van der Waals surface area contributed by atoms with Crippen LogP contribution in [-0.2, 0) is 9.53 Å². The van der Waals surface area contributed by atoms with E-state index in [4.69, 9.17) is 15.6 Å². The van der Waals surface area contributed by atoms with Gasteiger partial charge in [-0.05, 0) is 0 Å². The summed E-state index contributed by atoms with van der Waals surface area (Å²) in [7, 11) is 0. The van der Waals surface area contributed by atoms with Gasteiger partial charge < -0.3 is 36.0 Å². The summed E-state index contributed by atoms with van der Waals surface area (Å²) in [6, 6.07) is 7.67. The molecule has 150 valence electrons. The fourth-order valence-corrected chi connectivity index (χ4v) is 2.92. The molecule has 2 unspecified atom stereocenters. The Kier molecular flexibility index (Phi) is 5.72. The minimum absolute atomic E-state index is 0.267. The van der Waals surface area contributed by atoms with E-state index in [0.29, 0.717) is 5.69 Å². The van der Waals surface area contributed by atoms with Gasteiger partial charge in [0.15, 0.2) is 0 Å². The predicted octanol–water partition coefficient (Wildman–Crippen LogP) is -2.00. The first-order valence-electron chi connectivity index (χ1n) is 8.38. The Morgan fingerprint density at radius 3 is 2.57 bits per heavy atom. The number of aliphatic hydroxyl groups is 4. The highest BCUT2D eigenvalue weighted by molar-refractivity contribution is 5.92. The van der Waals surface area contributed by atoms with Crippen LogP contribution >= 0.6 is 0 Å². The summed E-state index contributed by atoms with van der Waals surface area (Å²) in [5.41, 5.74) is 6.79. The number of aliphatic carboxylic acids is 1. The third-order valence-corrected chi connectivity index (χ3v) is 4.43. The first kappa shape index (κ1) is 19.9. The number of rotatable bonds is 6. The SMILES string of the molecule is N[C@@H]1C(O)C(n2cc(-c3ccccc3)nn2)=C(C(=O)O)OC1[C@H](O)[C@H](O)CO. The number of carboxylic acids is 1. The lowest BCUT2D eigenvalue weighted by Gasteiger charge is -2.38. The number of ether oxygens (including phenoxy) is 1. The van der Waals surface area contributed by atoms with Gasteiger partial charge in [0.25, 0.3) is 0 Å². The van der Waals surface area contributed by atoms with Gasteiger partial charge in [0.05, 0.1) is 18.8 Å². The molecule has 0 radical (unpaired) electrons. The van der Waals surface area contributed by atoms with Crippen molar-refractivity contribution in [3.05, 3.63) is 42.3 Å². The van der Waals surface area contributed by atoms with Gasteiger partial charge in [0, 0.05) is 5.56 Å². The Balaban J connectivity index is 2.01. The average molecular weight is 392 g/mol. The molecule has 0 bridgehead atoms. The van der Waals surface area contributed by atoms with Crippen LogP contribution in [-0.4, -0.2) is 83.6 Å². The van der Waals surface area contributed by atoms with Crippen molar-refractivity contribution in [2.45, 2.75) is 30.5 Å². The normalized spacial score (nSPS) is 24.5. The average Bonchev–Trinajstić information content (AvgIpc) is 3.18. The number of hydrogen-bond acceptors (Lipinski definition) is 9. The molecule has 11 nitrogen and oxygen atoms in total. The number of carbonyl (C=O) groups is 1. The van der Waals surface area contributed by atoms with Gasteiger partial charge in [-0.15, -0.1) is 5.10 Å². The van der Waals surface area contributed by atoms with E-state index in [1.54, 1.807) is 24.3 Å². The number of aliphatic hydroxyl groups excluding tert-OH is 4. The van der Waals surface area contributed by atoms with E-state index in [1.807, 2.05) is 6.07 Å². The number of nitrogens with zero attached hydrogens (tertiary/aromatic N) is 3. The molecule has 0 spiro atoms. The molecule has 3 rings (SSSR count). The first-order valence-corrected chi connectivity index (χ1v) is 8.38. The molecule has 1 aromatic carbocycles. The molecule has 7 N–H and O–H groups in total. The summed E-state index contributed by atoms with van der Waals surface area (Å²) >= 11 is 0. The molecular weight excluding hydrogens is 372 g/mol. The quantitative estimate of drug-likeness (QED) is 0.321. The van der Waals surface area contributed by atoms with Crippen molar-refractivity contribution in [3.63, 3.8) is 0 Å². The maximum atomic E-state index is 11.7. The van der Waals surface area contributed by atoms with Crippen molar-refractivity contribution in [2.24, 2.45) is 5.73 Å². The van der Waals surface area contributed by atoms with E-state index >= 15 is 0 Å². The van der Waals surface area contributed by atoms with Crippen LogP contribution in [0, 0.1) is 0 Å². The third-order valence-electron chi connectivity index (χ3n) is 4.43. The van der Waals surface area contributed by atoms with Gasteiger partial charge in [-0.25, -0.2) is 9.48 Å². The molecule has 28 heavy (non-hydrogen) atoms. The minimum atomic E-state index is -1.72. The number of hydrogen-bond donors (Lipinski definition) is 6. The lowest BCUT2D eigenvalue weighted by molar-refractivity contribution is -0.146. The van der Waals surface area contributed by atoms with Crippen molar-refractivity contribution in [1.29, 1.82) is 0 Å². The van der Waals surface area contributed by atoms with Crippen LogP contribution in [0.25, 0.3) is 17.0 Å². The second-order valence-corrected chi connectivity index (χ2v) is 6.28. The van der Waals surface area contributed by atoms with Crippen LogP contribution in [0.15, 0.2) is 42.3 Å². The van der Waals surface area contributed by atoms with Gasteiger partial charge in [0.1, 0.15) is 35.8 Å². The Labute approximate surface area is 158 Å². The molecular formula is C17H20N4O7. The maximum absolute atomic E-state index is 11.7. The minimum Gasteiger partial charge on any atom is -0.477 e. The molecule has 5 atom stereocenters. The van der Waals surface area contributed by atoms with Crippen molar-refractivity contribution >= 4 is 11.7 Å². The van der Waals surface area contributed by atoms with Crippen molar-refractivity contribution in [2.75, 3.05) is 6.61 Å². The zero-order valence-corrected chi connectivity index (χ0v) is 14.5. The smallest absolute Gasteiger partial charge is 0.373 e. The van der Waals surface area contributed by atoms with Crippen molar-refractivity contribution in [1.82, 2.24) is 15.0 Å². The number of carboxylic acid groups (broad SMARTS) is 1. The van der Waals surface area contributed by atoms with Crippen molar-refractivity contribution < 1.29 is 35.1 Å². The van der Waals surface area contributed by atoms with Gasteiger partial charge in [-0.3, -0.25) is 0 Å². The standard InChI is InChI=1S/C17H20N4O7/c18-11-14(25)12(16(17(26)27)28-15(11)13(24)10(23)7-22)21-6-9(19-20-21)8-4-2-1-3-5-8/h1-6,10-11,13-15,22-25H,7,18H2,(H,26,27)/t10-,11-,13-,14?,15?/m1/s1. The lowest BCUT2D eigenvalue weighted by atomic mass is 9.93. The molecule has 0 aliphatic carbocycles. The molecule has 0 saturated heterocycles. The van der Waals surface area contributed by atoms with E-state index in [2.05, 4.69) is 10.3 Å². The summed E-state index contributed by atoms with van der Waals surface area (Å²) in [5, 5.41) is 56.6. The topological polar surface area (TPSA) is 184 Å². The summed E-state index contributed by atoms with van der Waals surface area (Å²) in [6.07, 6.45) is -5.01. The molecule has 2 aromatic rings. The zero-order valence-electron chi connectivity index (χ0n) is 14.5. The second-order valence-electron chi connectivity index (χ2n) is 6.28. The number of nitrogens with two attached hydrogens (primary N) is 1. The van der Waals surface area contributed by atoms with Gasteiger partial charge in [-0.1, -0.05) is 35.5 Å². The fourth-order valence-electron chi connectivity index (χ4n) is 2.92. The molecule has 1 aromatic heterocycles. The van der Waals surface area contributed by atoms with Crippen LogP contribution in [0.4, 0.5) is 0 Å². The predicted molar refractivity (Wildman–Crippen MR) is 94.3 cm³/mol. The first-order chi connectivity index (χ1) is 13.3. The maximum Gasteiger partial charge on any atom is 0.373 e. The van der Waals surface area contributed by atoms with E-state index < -0.39 is 48.8 Å². The Hall–Kier alpha value is -2.83. The van der Waals surface area contributed by atoms with E-state index in [0.717, 1.165) is 10.2 Å². The highest BCUT2D eigenvalue weighted by atomic mass is 16.5. The highest BCUT2D eigenvalue weighted by Gasteiger charge is 2.45. The van der Waals surface area contributed by atoms with Crippen LogP contribution in [0.2, 0.25) is 0 Å². The third kappa shape index (κ3) is 3.61. The number of benzene rings is 1. The Morgan fingerprint density at radius 2 is 1.96 bits per heavy atom. The van der Waals surface area contributed by atoms with Crippen LogP contribution in [0.1, 0.15) is 0 Å². The van der Waals surface area contributed by atoms with Gasteiger partial charge in [-0.2, -0.15) is 0 Å². The largest absolute Gasteiger partial charge is 0.477 e. The van der Waals surface area contributed by atoms with Crippen LogP contribution in [0.3, 0.4) is 0 Å². The Morgan fingerprint density at radius 1 is 1.29 bits per heavy atom. The summed E-state index contributed by atoms with van der Waals surface area (Å²) in [5.74, 6) is -2.23. The summed E-state index contributed by atoms with van der Waals surface area (Å²) in [6.45, 7) is -0.799. The molecule has 11 heteroatoms. The molecule has 0 saturated carbocycles. The van der Waals surface area contributed by atoms with Crippen molar-refractivity contribution in [3.8, 4) is 11.3 Å². The van der Waals surface area contributed by atoms with Gasteiger partial charge in [0.2, 0.25) is 5.76 Å². The van der Waals surface area contributed by atoms with Gasteiger partial charge >= 0.3 is 5.97 Å². The molecule has 0 amide bonds. The molecule has 2 heterocycles. The lowest BCUT2D eigenvalue weighted by Crippen LogP contribution is -2.58. The van der Waals surface area contributed by atoms with E-state index in [1.165, 1.54) is 6.20 Å². The Bertz CT molecular complexity index is 869. The van der Waals surface area contributed by atoms with E-state index in [-0.39, 0.29) is 5.70 Å². The van der Waals surface area contributed by atoms with E-state index in [9.17, 15) is 25.2 Å². The molecule has 1 aliphatic heterocycles. The monoisotopic (exact) mass is 392 g/mol.